The lowest BCUT2D eigenvalue weighted by Gasteiger charge is -2.37. The minimum Gasteiger partial charge on any atom is -0.364 e. The van der Waals surface area contributed by atoms with Crippen LogP contribution >= 0.6 is 0 Å². The van der Waals surface area contributed by atoms with E-state index >= 15 is 0 Å². The van der Waals surface area contributed by atoms with Gasteiger partial charge < -0.3 is 10.6 Å². The van der Waals surface area contributed by atoms with Gasteiger partial charge >= 0.3 is 6.18 Å². The molecule has 6 nitrogen and oxygen atoms in total. The van der Waals surface area contributed by atoms with Crippen LogP contribution in [0.2, 0.25) is 0 Å². The van der Waals surface area contributed by atoms with Gasteiger partial charge in [0.25, 0.3) is 5.91 Å². The Kier molecular flexibility index (Phi) is 6.61. The lowest BCUT2D eigenvalue weighted by atomic mass is 10.1. The summed E-state index contributed by atoms with van der Waals surface area (Å²) >= 11 is 0. The predicted molar refractivity (Wildman–Crippen MR) is 126 cm³/mol. The summed E-state index contributed by atoms with van der Waals surface area (Å²) in [7, 11) is -4.06. The van der Waals surface area contributed by atoms with Gasteiger partial charge in [-0.2, -0.15) is 17.5 Å². The van der Waals surface area contributed by atoms with Crippen molar-refractivity contribution in [1.29, 1.82) is 0 Å². The number of rotatable bonds is 5. The average Bonchev–Trinajstić information content (AvgIpc) is 2.80. The Bertz CT molecular complexity index is 1340. The molecular weight excluding hydrogens is 479 g/mol. The van der Waals surface area contributed by atoms with Crippen molar-refractivity contribution in [3.8, 4) is 0 Å². The molecule has 0 bridgehead atoms. The number of hydrogen-bond acceptors (Lipinski definition) is 4. The van der Waals surface area contributed by atoms with E-state index in [0.29, 0.717) is 16.8 Å². The molecule has 1 atom stereocenters. The molecule has 3 aromatic carbocycles. The minimum absolute atomic E-state index is 0.0381. The molecule has 0 aliphatic carbocycles. The zero-order valence-electron chi connectivity index (χ0n) is 19.0. The highest BCUT2D eigenvalue weighted by atomic mass is 32.2. The molecule has 184 valence electrons. The van der Waals surface area contributed by atoms with E-state index in [0.717, 1.165) is 16.4 Å². The third-order valence-electron chi connectivity index (χ3n) is 5.56. The second-order valence-electron chi connectivity index (χ2n) is 8.54. The van der Waals surface area contributed by atoms with Gasteiger partial charge in [0.1, 0.15) is 11.1 Å². The first-order chi connectivity index (χ1) is 16.5. The molecule has 0 radical (unpaired) electrons. The van der Waals surface area contributed by atoms with Crippen LogP contribution in [0.5, 0.6) is 0 Å². The third-order valence-corrected chi connectivity index (χ3v) is 7.42. The van der Waals surface area contributed by atoms with Gasteiger partial charge in [0.05, 0.1) is 11.3 Å². The highest BCUT2D eigenvalue weighted by Crippen LogP contribution is 2.39. The minimum atomic E-state index is -4.55. The molecule has 0 unspecified atom stereocenters. The van der Waals surface area contributed by atoms with Crippen molar-refractivity contribution in [3.05, 3.63) is 95.1 Å². The van der Waals surface area contributed by atoms with E-state index in [2.05, 4.69) is 10.6 Å². The van der Waals surface area contributed by atoms with Crippen LogP contribution in [0.3, 0.4) is 0 Å². The van der Waals surface area contributed by atoms with Crippen molar-refractivity contribution in [1.82, 2.24) is 9.62 Å². The van der Waals surface area contributed by atoms with E-state index in [1.54, 1.807) is 42.5 Å². The molecule has 0 aromatic heterocycles. The normalized spacial score (nSPS) is 17.5. The molecule has 0 spiro atoms. The maximum atomic E-state index is 13.6. The number of anilines is 1. The summed E-state index contributed by atoms with van der Waals surface area (Å²) in [5, 5.41) is 5.98. The van der Waals surface area contributed by atoms with Gasteiger partial charge in [-0.15, -0.1) is 0 Å². The molecule has 0 saturated heterocycles. The van der Waals surface area contributed by atoms with E-state index < -0.39 is 27.9 Å². The maximum absolute atomic E-state index is 13.6. The second-order valence-corrected chi connectivity index (χ2v) is 10.4. The number of alkyl halides is 3. The number of amides is 1. The predicted octanol–water partition coefficient (Wildman–Crippen LogP) is 5.16. The molecule has 1 aliphatic heterocycles. The van der Waals surface area contributed by atoms with Gasteiger partial charge in [0.15, 0.2) is 0 Å². The Labute approximate surface area is 201 Å². The highest BCUT2D eigenvalue weighted by Gasteiger charge is 2.39. The van der Waals surface area contributed by atoms with Crippen LogP contribution in [-0.4, -0.2) is 24.7 Å². The third kappa shape index (κ3) is 5.18. The molecular formula is C25H24F3N3O3S. The maximum Gasteiger partial charge on any atom is 0.416 e. The van der Waals surface area contributed by atoms with Crippen molar-refractivity contribution < 1.29 is 26.4 Å². The molecule has 4 rings (SSSR count). The molecule has 3 aromatic rings. The van der Waals surface area contributed by atoms with Gasteiger partial charge in [-0.25, -0.2) is 8.42 Å². The largest absolute Gasteiger partial charge is 0.416 e. The smallest absolute Gasteiger partial charge is 0.364 e. The van der Waals surface area contributed by atoms with Gasteiger partial charge in [0, 0.05) is 18.2 Å². The Morgan fingerprint density at radius 1 is 1.03 bits per heavy atom. The highest BCUT2D eigenvalue weighted by molar-refractivity contribution is 7.89. The molecule has 10 heteroatoms. The quantitative estimate of drug-likeness (QED) is 0.504. The summed E-state index contributed by atoms with van der Waals surface area (Å²) in [5.74, 6) is -0.262. The number of para-hydroxylation sites is 1. The lowest BCUT2D eigenvalue weighted by Crippen LogP contribution is -2.42. The number of halogens is 3. The SMILES string of the molecule is CC(C)NC(=O)c1ccc([C@@H]2Nc3ccccc3S(=O)(=O)N2Cc2cccc(C(F)(F)F)c2)cc1. The molecule has 2 N–H and O–H groups in total. The average molecular weight is 504 g/mol. The van der Waals surface area contributed by atoms with Gasteiger partial charge in [0.2, 0.25) is 10.0 Å². The molecule has 35 heavy (non-hydrogen) atoms. The standard InChI is InChI=1S/C25H24F3N3O3S/c1-16(2)29-24(32)19-12-10-18(11-13-19)23-30-21-8-3-4-9-22(21)35(33,34)31(23)15-17-6-5-7-20(14-17)25(26,27)28/h3-14,16,23,30H,15H2,1-2H3,(H,29,32)/t23-/m1/s1. The van der Waals surface area contributed by atoms with Gasteiger partial charge in [-0.3, -0.25) is 4.79 Å². The van der Waals surface area contributed by atoms with Crippen molar-refractivity contribution in [3.63, 3.8) is 0 Å². The molecule has 1 heterocycles. The Morgan fingerprint density at radius 2 is 1.71 bits per heavy atom. The van der Waals surface area contributed by atoms with Gasteiger partial charge in [-0.1, -0.05) is 42.5 Å². The van der Waals surface area contributed by atoms with E-state index in [1.165, 1.54) is 18.2 Å². The number of carbonyl (C=O) groups is 1. The van der Waals surface area contributed by atoms with Crippen molar-refractivity contribution in [2.45, 2.75) is 43.7 Å². The topological polar surface area (TPSA) is 78.5 Å². The first-order valence-electron chi connectivity index (χ1n) is 10.9. The fourth-order valence-corrected chi connectivity index (χ4v) is 5.59. The van der Waals surface area contributed by atoms with Crippen LogP contribution in [0, 0.1) is 0 Å². The van der Waals surface area contributed by atoms with Gasteiger partial charge in [-0.05, 0) is 55.3 Å². The molecule has 0 fully saturated rings. The monoisotopic (exact) mass is 503 g/mol. The van der Waals surface area contributed by atoms with Crippen molar-refractivity contribution >= 4 is 21.6 Å². The van der Waals surface area contributed by atoms with E-state index in [-0.39, 0.29) is 29.0 Å². The Hall–Kier alpha value is -3.37. The number of carbonyl (C=O) groups excluding carboxylic acids is 1. The first-order valence-corrected chi connectivity index (χ1v) is 12.3. The number of nitrogens with one attached hydrogen (secondary N) is 2. The van der Waals surface area contributed by atoms with Crippen LogP contribution in [0.15, 0.2) is 77.7 Å². The summed E-state index contributed by atoms with van der Waals surface area (Å²) in [6, 6.07) is 17.4. The summed E-state index contributed by atoms with van der Waals surface area (Å²) in [4.78, 5) is 12.3. The number of nitrogens with zero attached hydrogens (tertiary/aromatic N) is 1. The molecule has 0 saturated carbocycles. The number of fused-ring (bicyclic) bond motifs is 1. The Morgan fingerprint density at radius 3 is 2.37 bits per heavy atom. The van der Waals surface area contributed by atoms with E-state index in [1.807, 2.05) is 13.8 Å². The Balaban J connectivity index is 1.74. The van der Waals surface area contributed by atoms with Crippen molar-refractivity contribution in [2.24, 2.45) is 0 Å². The van der Waals surface area contributed by atoms with Crippen molar-refractivity contribution in [2.75, 3.05) is 5.32 Å². The number of hydrogen-bond donors (Lipinski definition) is 2. The fraction of sp³-hybridized carbons (Fsp3) is 0.240. The van der Waals surface area contributed by atoms with E-state index in [9.17, 15) is 26.4 Å². The summed E-state index contributed by atoms with van der Waals surface area (Å²) in [6.45, 7) is 3.40. The zero-order valence-corrected chi connectivity index (χ0v) is 19.8. The van der Waals surface area contributed by atoms with Crippen LogP contribution in [0.25, 0.3) is 0 Å². The molecule has 1 aliphatic rings. The van der Waals surface area contributed by atoms with Crippen LogP contribution in [0.1, 0.15) is 47.1 Å². The number of sulfonamides is 1. The lowest BCUT2D eigenvalue weighted by molar-refractivity contribution is -0.137. The number of benzene rings is 3. The summed E-state index contributed by atoms with van der Waals surface area (Å²) < 4.78 is 68.0. The first kappa shape index (κ1) is 24.7. The van der Waals surface area contributed by atoms with E-state index in [4.69, 9.17) is 0 Å². The fourth-order valence-electron chi connectivity index (χ4n) is 3.91. The summed E-state index contributed by atoms with van der Waals surface area (Å²) in [6.07, 6.45) is -5.44. The van der Waals surface area contributed by atoms with Crippen LogP contribution in [0.4, 0.5) is 18.9 Å². The molecule has 1 amide bonds. The van der Waals surface area contributed by atoms with Crippen LogP contribution < -0.4 is 10.6 Å². The summed E-state index contributed by atoms with van der Waals surface area (Å²) in [5.41, 5.74) is 0.680. The zero-order chi connectivity index (χ0) is 25.4. The second kappa shape index (κ2) is 9.35. The van der Waals surface area contributed by atoms with Crippen LogP contribution in [-0.2, 0) is 22.7 Å².